The van der Waals surface area contributed by atoms with Crippen molar-refractivity contribution in [1.82, 2.24) is 9.55 Å². The van der Waals surface area contributed by atoms with Gasteiger partial charge in [0, 0.05) is 17.9 Å². The van der Waals surface area contributed by atoms with Crippen LogP contribution in [0, 0.1) is 24.0 Å². The molecule has 0 spiro atoms. The second-order valence-electron chi connectivity index (χ2n) is 7.03. The Morgan fingerprint density at radius 3 is 2.43 bits per heavy atom. The van der Waals surface area contributed by atoms with Crippen molar-refractivity contribution in [3.8, 4) is 5.69 Å². The summed E-state index contributed by atoms with van der Waals surface area (Å²) >= 11 is 1.43. The molecular formula is C23H19N3O3S. The van der Waals surface area contributed by atoms with Gasteiger partial charge in [-0.1, -0.05) is 42.1 Å². The molecule has 0 aliphatic heterocycles. The Balaban J connectivity index is 1.78. The molecule has 0 N–H and O–H groups in total. The van der Waals surface area contributed by atoms with Crippen LogP contribution < -0.4 is 5.56 Å². The molecule has 3 aromatic carbocycles. The van der Waals surface area contributed by atoms with Gasteiger partial charge in [0.05, 0.1) is 21.5 Å². The van der Waals surface area contributed by atoms with Gasteiger partial charge in [-0.15, -0.1) is 0 Å². The number of nitro benzene ring substituents is 1. The number of nitro groups is 1. The van der Waals surface area contributed by atoms with Gasteiger partial charge in [0.25, 0.3) is 11.2 Å². The van der Waals surface area contributed by atoms with Gasteiger partial charge in [0.1, 0.15) is 0 Å². The number of aryl methyl sites for hydroxylation is 2. The Kier molecular flexibility index (Phi) is 5.37. The Morgan fingerprint density at radius 2 is 1.73 bits per heavy atom. The lowest BCUT2D eigenvalue weighted by Gasteiger charge is -2.14. The average molecular weight is 417 g/mol. The van der Waals surface area contributed by atoms with Crippen molar-refractivity contribution in [2.45, 2.75) is 24.8 Å². The average Bonchev–Trinajstić information content (AvgIpc) is 2.75. The summed E-state index contributed by atoms with van der Waals surface area (Å²) in [6.45, 7) is 4.05. The summed E-state index contributed by atoms with van der Waals surface area (Å²) in [5, 5.41) is 12.0. The topological polar surface area (TPSA) is 78.0 Å². The molecule has 0 atom stereocenters. The smallest absolute Gasteiger partial charge is 0.268 e. The van der Waals surface area contributed by atoms with Gasteiger partial charge < -0.3 is 0 Å². The molecule has 0 fully saturated rings. The van der Waals surface area contributed by atoms with E-state index in [1.807, 2.05) is 50.2 Å². The lowest BCUT2D eigenvalue weighted by molar-refractivity contribution is -0.384. The molecule has 4 rings (SSSR count). The third-order valence-corrected chi connectivity index (χ3v) is 6.02. The summed E-state index contributed by atoms with van der Waals surface area (Å²) < 4.78 is 1.64. The second kappa shape index (κ2) is 8.12. The summed E-state index contributed by atoms with van der Waals surface area (Å²) in [4.78, 5) is 28.5. The largest absolute Gasteiger partial charge is 0.269 e. The molecular weight excluding hydrogens is 398 g/mol. The highest BCUT2D eigenvalue weighted by atomic mass is 32.2. The van der Waals surface area contributed by atoms with E-state index in [1.54, 1.807) is 22.8 Å². The summed E-state index contributed by atoms with van der Waals surface area (Å²) in [5.74, 6) is 0.535. The van der Waals surface area contributed by atoms with Crippen LogP contribution in [-0.2, 0) is 5.75 Å². The number of hydrogen-bond donors (Lipinski definition) is 0. The SMILES string of the molecule is Cc1ccc(-n2c(SCc3ccc([N+](=O)[O-])cc3)nc3ccccc3c2=O)cc1C. The van der Waals surface area contributed by atoms with Crippen molar-refractivity contribution in [2.75, 3.05) is 0 Å². The fraction of sp³-hybridized carbons (Fsp3) is 0.130. The third-order valence-electron chi connectivity index (χ3n) is 5.01. The van der Waals surface area contributed by atoms with E-state index in [0.29, 0.717) is 21.8 Å². The first kappa shape index (κ1) is 19.8. The van der Waals surface area contributed by atoms with Crippen LogP contribution in [0.15, 0.2) is 76.7 Å². The number of nitrogens with zero attached hydrogens (tertiary/aromatic N) is 3. The van der Waals surface area contributed by atoms with Gasteiger partial charge in [-0.3, -0.25) is 19.5 Å². The van der Waals surface area contributed by atoms with Crippen LogP contribution in [0.25, 0.3) is 16.6 Å². The number of para-hydroxylation sites is 1. The Hall–Kier alpha value is -3.45. The van der Waals surface area contributed by atoms with Gasteiger partial charge in [0.15, 0.2) is 5.16 Å². The minimum Gasteiger partial charge on any atom is -0.268 e. The van der Waals surface area contributed by atoms with Crippen LogP contribution in [0.5, 0.6) is 0 Å². The van der Waals surface area contributed by atoms with E-state index in [0.717, 1.165) is 22.4 Å². The molecule has 1 heterocycles. The molecule has 0 aliphatic carbocycles. The van der Waals surface area contributed by atoms with Gasteiger partial charge in [-0.05, 0) is 54.8 Å². The predicted molar refractivity (Wildman–Crippen MR) is 119 cm³/mol. The maximum Gasteiger partial charge on any atom is 0.269 e. The summed E-state index contributed by atoms with van der Waals surface area (Å²) in [7, 11) is 0. The lowest BCUT2D eigenvalue weighted by atomic mass is 10.1. The number of rotatable bonds is 5. The molecule has 0 bridgehead atoms. The Morgan fingerprint density at radius 1 is 1.00 bits per heavy atom. The third kappa shape index (κ3) is 3.84. The zero-order valence-corrected chi connectivity index (χ0v) is 17.3. The molecule has 7 heteroatoms. The van der Waals surface area contributed by atoms with E-state index in [2.05, 4.69) is 0 Å². The van der Waals surface area contributed by atoms with E-state index in [1.165, 1.54) is 23.9 Å². The zero-order chi connectivity index (χ0) is 21.3. The number of aromatic nitrogens is 2. The minimum absolute atomic E-state index is 0.0552. The molecule has 0 unspecified atom stereocenters. The van der Waals surface area contributed by atoms with E-state index in [4.69, 9.17) is 4.98 Å². The van der Waals surface area contributed by atoms with Gasteiger partial charge in [-0.2, -0.15) is 0 Å². The van der Waals surface area contributed by atoms with Gasteiger partial charge in [-0.25, -0.2) is 4.98 Å². The Bertz CT molecular complexity index is 1310. The van der Waals surface area contributed by atoms with Crippen LogP contribution in [0.4, 0.5) is 5.69 Å². The van der Waals surface area contributed by atoms with E-state index < -0.39 is 4.92 Å². The molecule has 4 aromatic rings. The molecule has 0 saturated carbocycles. The molecule has 0 saturated heterocycles. The highest BCUT2D eigenvalue weighted by Gasteiger charge is 2.14. The number of fused-ring (bicyclic) bond motifs is 1. The monoisotopic (exact) mass is 417 g/mol. The highest BCUT2D eigenvalue weighted by Crippen LogP contribution is 2.26. The molecule has 1 aromatic heterocycles. The predicted octanol–water partition coefficient (Wildman–Crippen LogP) is 5.20. The maximum absolute atomic E-state index is 13.3. The van der Waals surface area contributed by atoms with Gasteiger partial charge in [0.2, 0.25) is 0 Å². The second-order valence-corrected chi connectivity index (χ2v) is 7.98. The Labute approximate surface area is 177 Å². The van der Waals surface area contributed by atoms with Gasteiger partial charge >= 0.3 is 0 Å². The molecule has 0 radical (unpaired) electrons. The quantitative estimate of drug-likeness (QED) is 0.193. The van der Waals surface area contributed by atoms with Crippen LogP contribution >= 0.6 is 11.8 Å². The number of thioether (sulfide) groups is 1. The van der Waals surface area contributed by atoms with Crippen molar-refractivity contribution in [3.63, 3.8) is 0 Å². The zero-order valence-electron chi connectivity index (χ0n) is 16.5. The van der Waals surface area contributed by atoms with Crippen LogP contribution in [0.3, 0.4) is 0 Å². The molecule has 6 nitrogen and oxygen atoms in total. The van der Waals surface area contributed by atoms with Crippen molar-refractivity contribution < 1.29 is 4.92 Å². The first-order valence-corrected chi connectivity index (χ1v) is 10.4. The lowest BCUT2D eigenvalue weighted by Crippen LogP contribution is -2.22. The summed E-state index contributed by atoms with van der Waals surface area (Å²) in [6, 6.07) is 19.6. The van der Waals surface area contributed by atoms with Crippen molar-refractivity contribution in [2.24, 2.45) is 0 Å². The standard InChI is InChI=1S/C23H19N3O3S/c1-15-7-10-19(13-16(15)2)25-22(27)20-5-3-4-6-21(20)24-23(25)30-14-17-8-11-18(12-9-17)26(28)29/h3-13H,14H2,1-2H3. The first-order valence-electron chi connectivity index (χ1n) is 9.39. The molecule has 0 amide bonds. The fourth-order valence-corrected chi connectivity index (χ4v) is 4.13. The molecule has 0 aliphatic rings. The van der Waals surface area contributed by atoms with E-state index in [-0.39, 0.29) is 11.2 Å². The number of non-ortho nitro benzene ring substituents is 1. The van der Waals surface area contributed by atoms with E-state index in [9.17, 15) is 14.9 Å². The highest BCUT2D eigenvalue weighted by molar-refractivity contribution is 7.98. The summed E-state index contributed by atoms with van der Waals surface area (Å²) in [5.41, 5.74) is 4.52. The molecule has 150 valence electrons. The molecule has 30 heavy (non-hydrogen) atoms. The maximum atomic E-state index is 13.3. The van der Waals surface area contributed by atoms with Crippen LogP contribution in [0.2, 0.25) is 0 Å². The normalized spacial score (nSPS) is 11.0. The van der Waals surface area contributed by atoms with Crippen molar-refractivity contribution >= 4 is 28.4 Å². The van der Waals surface area contributed by atoms with Crippen LogP contribution in [0.1, 0.15) is 16.7 Å². The first-order chi connectivity index (χ1) is 14.4. The fourth-order valence-electron chi connectivity index (χ4n) is 3.16. The summed E-state index contributed by atoms with van der Waals surface area (Å²) in [6.07, 6.45) is 0. The number of hydrogen-bond acceptors (Lipinski definition) is 5. The van der Waals surface area contributed by atoms with E-state index >= 15 is 0 Å². The van der Waals surface area contributed by atoms with Crippen LogP contribution in [-0.4, -0.2) is 14.5 Å². The van der Waals surface area contributed by atoms with Crippen molar-refractivity contribution in [1.29, 1.82) is 0 Å². The number of benzene rings is 3. The van der Waals surface area contributed by atoms with Crippen molar-refractivity contribution in [3.05, 3.63) is 104 Å². The minimum atomic E-state index is -0.417.